The van der Waals surface area contributed by atoms with Crippen LogP contribution in [0.25, 0.3) is 15.9 Å². The Morgan fingerprint density at radius 3 is 2.62 bits per heavy atom. The Morgan fingerprint density at radius 1 is 1.18 bits per heavy atom. The van der Waals surface area contributed by atoms with Crippen molar-refractivity contribution in [2.24, 2.45) is 11.3 Å². The summed E-state index contributed by atoms with van der Waals surface area (Å²) in [5.41, 5.74) is 4.81. The number of anilines is 1. The van der Waals surface area contributed by atoms with E-state index in [0.717, 1.165) is 57.5 Å². The van der Waals surface area contributed by atoms with E-state index < -0.39 is 0 Å². The number of hydrogen-bond donors (Lipinski definition) is 1. The maximum Gasteiger partial charge on any atom is 0.267 e. The summed E-state index contributed by atoms with van der Waals surface area (Å²) < 4.78 is 7.16. The normalized spacial score (nSPS) is 15.3. The van der Waals surface area contributed by atoms with Gasteiger partial charge in [-0.1, -0.05) is 56.3 Å². The van der Waals surface area contributed by atoms with E-state index in [2.05, 4.69) is 26.1 Å². The van der Waals surface area contributed by atoms with Crippen molar-refractivity contribution in [1.82, 2.24) is 9.55 Å². The highest BCUT2D eigenvalue weighted by molar-refractivity contribution is 7.99. The molecule has 5 rings (SSSR count). The van der Waals surface area contributed by atoms with Crippen molar-refractivity contribution >= 4 is 44.9 Å². The summed E-state index contributed by atoms with van der Waals surface area (Å²) in [6, 6.07) is 13.4. The van der Waals surface area contributed by atoms with Gasteiger partial charge in [0.05, 0.1) is 23.9 Å². The van der Waals surface area contributed by atoms with Crippen LogP contribution in [0.3, 0.4) is 0 Å². The first-order valence-corrected chi connectivity index (χ1v) is 15.1. The van der Waals surface area contributed by atoms with Crippen molar-refractivity contribution in [3.63, 3.8) is 0 Å². The molecule has 1 N–H and O–H groups in total. The predicted molar refractivity (Wildman–Crippen MR) is 162 cm³/mol. The summed E-state index contributed by atoms with van der Waals surface area (Å²) in [5.74, 6) is 1.22. The van der Waals surface area contributed by atoms with Gasteiger partial charge in [-0.2, -0.15) is 0 Å². The molecule has 2 aromatic carbocycles. The highest BCUT2D eigenvalue weighted by Gasteiger charge is 2.32. The van der Waals surface area contributed by atoms with Crippen molar-refractivity contribution in [2.45, 2.75) is 59.0 Å². The maximum atomic E-state index is 14.3. The number of methoxy groups -OCH3 is 1. The van der Waals surface area contributed by atoms with Crippen LogP contribution >= 0.6 is 23.1 Å². The zero-order chi connectivity index (χ0) is 27.9. The fourth-order valence-electron chi connectivity index (χ4n) is 5.18. The standard InChI is InChI=1S/C31H35N3O3S2/c1-18-7-11-21(12-8-18)32-26(35)17-38-30-33-28-27(23-14-10-20(31(3,4)5)15-25(23)39-28)29(36)34(30)24-16-22(37-6)13-9-19(24)2/h7-9,11-13,16,20H,10,14-15,17H2,1-6H3,(H,32,35)/t20-/m0/s1. The van der Waals surface area contributed by atoms with Crippen LogP contribution in [0.1, 0.15) is 48.8 Å². The van der Waals surface area contributed by atoms with E-state index in [-0.39, 0.29) is 22.6 Å². The van der Waals surface area contributed by atoms with E-state index in [1.807, 2.05) is 56.3 Å². The molecule has 0 saturated carbocycles. The Bertz CT molecular complexity index is 1600. The van der Waals surface area contributed by atoms with Gasteiger partial charge in [-0.15, -0.1) is 11.3 Å². The monoisotopic (exact) mass is 561 g/mol. The smallest absolute Gasteiger partial charge is 0.267 e. The van der Waals surface area contributed by atoms with Crippen molar-refractivity contribution in [1.29, 1.82) is 0 Å². The maximum absolute atomic E-state index is 14.3. The Hall–Kier alpha value is -3.10. The molecule has 1 atom stereocenters. The fourth-order valence-corrected chi connectivity index (χ4v) is 7.32. The Morgan fingerprint density at radius 2 is 1.92 bits per heavy atom. The van der Waals surface area contributed by atoms with Gasteiger partial charge >= 0.3 is 0 Å². The van der Waals surface area contributed by atoms with E-state index in [0.29, 0.717) is 16.8 Å². The second-order valence-electron chi connectivity index (χ2n) is 11.4. The summed E-state index contributed by atoms with van der Waals surface area (Å²) in [5, 5.41) is 4.18. The molecule has 0 aliphatic heterocycles. The van der Waals surface area contributed by atoms with Crippen molar-refractivity contribution in [3.05, 3.63) is 74.4 Å². The van der Waals surface area contributed by atoms with Crippen molar-refractivity contribution in [3.8, 4) is 11.4 Å². The van der Waals surface area contributed by atoms with Gasteiger partial charge in [-0.3, -0.25) is 14.2 Å². The molecule has 2 heterocycles. The first-order chi connectivity index (χ1) is 18.5. The third-order valence-electron chi connectivity index (χ3n) is 7.60. The summed E-state index contributed by atoms with van der Waals surface area (Å²) in [4.78, 5) is 34.2. The first-order valence-electron chi connectivity index (χ1n) is 13.3. The molecule has 0 spiro atoms. The van der Waals surface area contributed by atoms with Gasteiger partial charge in [0.25, 0.3) is 5.56 Å². The molecule has 0 unspecified atom stereocenters. The number of nitrogens with one attached hydrogen (secondary N) is 1. The molecule has 1 aliphatic rings. The van der Waals surface area contributed by atoms with Gasteiger partial charge in [-0.05, 0) is 73.8 Å². The highest BCUT2D eigenvalue weighted by atomic mass is 32.2. The summed E-state index contributed by atoms with van der Waals surface area (Å²) >= 11 is 2.92. The molecule has 39 heavy (non-hydrogen) atoms. The van der Waals surface area contributed by atoms with Gasteiger partial charge in [0, 0.05) is 16.6 Å². The van der Waals surface area contributed by atoms with Gasteiger partial charge in [-0.25, -0.2) is 4.98 Å². The third-order valence-corrected chi connectivity index (χ3v) is 9.69. The van der Waals surface area contributed by atoms with Crippen LogP contribution in [0.4, 0.5) is 5.69 Å². The van der Waals surface area contributed by atoms with Crippen molar-refractivity contribution < 1.29 is 9.53 Å². The lowest BCUT2D eigenvalue weighted by Crippen LogP contribution is -2.27. The molecule has 6 nitrogen and oxygen atoms in total. The number of benzene rings is 2. The molecule has 0 saturated heterocycles. The number of aryl methyl sites for hydroxylation is 3. The minimum atomic E-state index is -0.148. The zero-order valence-corrected chi connectivity index (χ0v) is 25.0. The number of hydrogen-bond acceptors (Lipinski definition) is 6. The zero-order valence-electron chi connectivity index (χ0n) is 23.4. The Labute approximate surface area is 237 Å². The third kappa shape index (κ3) is 5.63. The number of carbonyl (C=O) groups is 1. The lowest BCUT2D eigenvalue weighted by atomic mass is 9.72. The van der Waals surface area contributed by atoms with E-state index in [4.69, 9.17) is 9.72 Å². The number of nitrogens with zero attached hydrogens (tertiary/aromatic N) is 2. The molecular formula is C31H35N3O3S2. The van der Waals surface area contributed by atoms with Gasteiger partial charge in [0.15, 0.2) is 5.16 Å². The van der Waals surface area contributed by atoms with Crippen LogP contribution in [0, 0.1) is 25.2 Å². The molecule has 0 radical (unpaired) electrons. The van der Waals surface area contributed by atoms with Crippen LogP contribution in [0.5, 0.6) is 5.75 Å². The average Bonchev–Trinajstić information content (AvgIpc) is 3.27. The van der Waals surface area contributed by atoms with E-state index in [9.17, 15) is 9.59 Å². The first kappa shape index (κ1) is 27.5. The Balaban J connectivity index is 1.57. The molecule has 0 fully saturated rings. The van der Waals surface area contributed by atoms with Crippen molar-refractivity contribution in [2.75, 3.05) is 18.2 Å². The largest absolute Gasteiger partial charge is 0.497 e. The van der Waals surface area contributed by atoms with Crippen LogP contribution in [-0.4, -0.2) is 28.3 Å². The molecule has 1 amide bonds. The molecule has 204 valence electrons. The number of carbonyl (C=O) groups excluding carboxylic acids is 1. The summed E-state index contributed by atoms with van der Waals surface area (Å²) in [6.45, 7) is 10.9. The number of thioether (sulfide) groups is 1. The lowest BCUT2D eigenvalue weighted by Gasteiger charge is -2.33. The molecular weight excluding hydrogens is 526 g/mol. The minimum absolute atomic E-state index is 0.0792. The molecule has 1 aliphatic carbocycles. The molecule has 0 bridgehead atoms. The van der Waals surface area contributed by atoms with Gasteiger partial charge in [0.1, 0.15) is 10.6 Å². The van der Waals surface area contributed by atoms with Crippen LogP contribution in [-0.2, 0) is 17.6 Å². The molecule has 2 aromatic heterocycles. The second kappa shape index (κ2) is 10.8. The predicted octanol–water partition coefficient (Wildman–Crippen LogP) is 6.95. The number of ether oxygens (including phenoxy) is 1. The number of thiophene rings is 1. The lowest BCUT2D eigenvalue weighted by molar-refractivity contribution is -0.113. The average molecular weight is 562 g/mol. The quantitative estimate of drug-likeness (QED) is 0.204. The molecule has 4 aromatic rings. The van der Waals surface area contributed by atoms with Crippen LogP contribution in [0.2, 0.25) is 0 Å². The van der Waals surface area contributed by atoms with E-state index in [1.165, 1.54) is 16.6 Å². The molecule has 8 heteroatoms. The number of aromatic nitrogens is 2. The number of rotatable bonds is 6. The van der Waals surface area contributed by atoms with E-state index in [1.54, 1.807) is 23.0 Å². The summed E-state index contributed by atoms with van der Waals surface area (Å²) in [6.07, 6.45) is 2.92. The number of fused-ring (bicyclic) bond motifs is 3. The van der Waals surface area contributed by atoms with Gasteiger partial charge < -0.3 is 10.1 Å². The minimum Gasteiger partial charge on any atom is -0.497 e. The SMILES string of the molecule is COc1ccc(C)c(-n2c(SCC(=O)Nc3ccc(C)cc3)nc3sc4c(c3c2=O)CC[C@H](C(C)(C)C)C4)c1. The topological polar surface area (TPSA) is 73.2 Å². The Kier molecular flexibility index (Phi) is 7.62. The second-order valence-corrected chi connectivity index (χ2v) is 13.4. The number of amides is 1. The van der Waals surface area contributed by atoms with Gasteiger partial charge in [0.2, 0.25) is 5.91 Å². The van der Waals surface area contributed by atoms with Crippen LogP contribution < -0.4 is 15.6 Å². The highest BCUT2D eigenvalue weighted by Crippen LogP contribution is 2.42. The van der Waals surface area contributed by atoms with Crippen LogP contribution in [0.15, 0.2) is 52.4 Å². The van der Waals surface area contributed by atoms with E-state index >= 15 is 0 Å². The summed E-state index contributed by atoms with van der Waals surface area (Å²) in [7, 11) is 1.62. The fraction of sp³-hybridized carbons (Fsp3) is 0.387.